The molecule has 0 aliphatic heterocycles. The lowest BCUT2D eigenvalue weighted by Gasteiger charge is -1.81. The maximum absolute atomic E-state index is 9.31. The summed E-state index contributed by atoms with van der Waals surface area (Å²) in [6.07, 6.45) is 1.27. The van der Waals surface area contributed by atoms with E-state index in [4.69, 9.17) is 10.2 Å². The Kier molecular flexibility index (Phi) is 32.0. The minimum Gasteiger partial charge on any atom is -0.449 e. The molecule has 12 heavy (non-hydrogen) atoms. The highest BCUT2D eigenvalue weighted by atomic mass is 16.7. The van der Waals surface area contributed by atoms with Crippen LogP contribution < -0.4 is 0 Å². The molecule has 0 radical (unpaired) electrons. The molecular weight excluding hydrogens is 160 g/mol. The Morgan fingerprint density at radius 3 is 1.83 bits per heavy atom. The third-order valence-electron chi connectivity index (χ3n) is 0.184. The number of carboxylic acid groups (broad SMARTS) is 1. The Hall–Kier alpha value is -1.29. The van der Waals surface area contributed by atoms with E-state index in [0.717, 1.165) is 6.26 Å². The molecule has 0 atom stereocenters. The van der Waals surface area contributed by atoms with Gasteiger partial charge in [-0.25, -0.2) is 4.79 Å². The fourth-order valence-corrected chi connectivity index (χ4v) is 0.0713. The molecule has 72 valence electrons. The summed E-state index contributed by atoms with van der Waals surface area (Å²) in [5.74, 6) is 0. The number of ether oxygens (including phenoxy) is 1. The maximum Gasteiger partial charge on any atom is 0.510 e. The zero-order chi connectivity index (χ0) is 10.4. The minimum absolute atomic E-state index is 0.250. The molecule has 0 aliphatic rings. The molecule has 0 rings (SSSR count). The lowest BCUT2D eigenvalue weighted by atomic mass is 10.8. The van der Waals surface area contributed by atoms with Crippen molar-refractivity contribution in [3.8, 4) is 0 Å². The molecule has 0 fully saturated rings. The van der Waals surface area contributed by atoms with Crippen molar-refractivity contribution >= 4 is 6.16 Å². The first-order valence-corrected chi connectivity index (χ1v) is 3.28. The van der Waals surface area contributed by atoms with E-state index in [1.54, 1.807) is 13.0 Å². The highest BCUT2D eigenvalue weighted by Gasteiger charge is 1.84. The molecule has 0 heterocycles. The van der Waals surface area contributed by atoms with Crippen LogP contribution in [0.5, 0.6) is 0 Å². The van der Waals surface area contributed by atoms with Crippen molar-refractivity contribution in [2.24, 2.45) is 0 Å². The van der Waals surface area contributed by atoms with Crippen LogP contribution in [-0.4, -0.2) is 23.0 Å². The number of hydrogen-bond acceptors (Lipinski definition) is 3. The molecule has 0 bridgehead atoms. The van der Waals surface area contributed by atoms with Crippen molar-refractivity contribution in [1.29, 1.82) is 0 Å². The van der Waals surface area contributed by atoms with Crippen LogP contribution in [-0.2, 0) is 4.74 Å². The highest BCUT2D eigenvalue weighted by molar-refractivity contribution is 5.57. The SMILES string of the molecule is C=CC.C=COC(=O)O.CCO. The Balaban J connectivity index is -0.000000115. The Labute approximate surface area is 72.8 Å². The largest absolute Gasteiger partial charge is 0.510 e. The number of hydrogen-bond donors (Lipinski definition) is 2. The van der Waals surface area contributed by atoms with Crippen LogP contribution in [0.25, 0.3) is 0 Å². The van der Waals surface area contributed by atoms with Gasteiger partial charge < -0.3 is 14.9 Å². The van der Waals surface area contributed by atoms with E-state index < -0.39 is 6.16 Å². The summed E-state index contributed by atoms with van der Waals surface area (Å²) in [7, 11) is 0. The van der Waals surface area contributed by atoms with E-state index >= 15 is 0 Å². The van der Waals surface area contributed by atoms with E-state index in [9.17, 15) is 4.79 Å². The molecule has 0 aromatic rings. The summed E-state index contributed by atoms with van der Waals surface area (Å²) in [6.45, 7) is 10.2. The van der Waals surface area contributed by atoms with Crippen LogP contribution in [0.3, 0.4) is 0 Å². The van der Waals surface area contributed by atoms with Crippen molar-refractivity contribution in [2.45, 2.75) is 13.8 Å². The number of carbonyl (C=O) groups is 1. The van der Waals surface area contributed by atoms with Crippen LogP contribution in [0.1, 0.15) is 13.8 Å². The average molecular weight is 176 g/mol. The van der Waals surface area contributed by atoms with E-state index in [1.807, 2.05) is 6.92 Å². The molecule has 0 spiro atoms. The molecule has 0 aromatic carbocycles. The predicted molar refractivity (Wildman–Crippen MR) is 47.9 cm³/mol. The molecule has 0 saturated carbocycles. The van der Waals surface area contributed by atoms with Crippen molar-refractivity contribution < 1.29 is 19.7 Å². The van der Waals surface area contributed by atoms with Gasteiger partial charge in [-0.05, 0) is 13.8 Å². The lowest BCUT2D eigenvalue weighted by molar-refractivity contribution is 0.128. The molecule has 0 saturated heterocycles. The number of aliphatic hydroxyl groups excluding tert-OH is 1. The van der Waals surface area contributed by atoms with E-state index in [1.165, 1.54) is 0 Å². The third kappa shape index (κ3) is 177. The van der Waals surface area contributed by atoms with Gasteiger partial charge in [0.25, 0.3) is 0 Å². The lowest BCUT2D eigenvalue weighted by Crippen LogP contribution is -1.89. The zero-order valence-electron chi connectivity index (χ0n) is 7.49. The Morgan fingerprint density at radius 2 is 1.83 bits per heavy atom. The van der Waals surface area contributed by atoms with Gasteiger partial charge in [0.05, 0.1) is 6.26 Å². The van der Waals surface area contributed by atoms with Gasteiger partial charge >= 0.3 is 6.16 Å². The second-order valence-electron chi connectivity index (χ2n) is 1.27. The van der Waals surface area contributed by atoms with Crippen molar-refractivity contribution in [3.05, 3.63) is 25.5 Å². The molecule has 4 heteroatoms. The monoisotopic (exact) mass is 176 g/mol. The highest BCUT2D eigenvalue weighted by Crippen LogP contribution is 1.70. The standard InChI is InChI=1S/C3H4O3.C3H6.C2H6O/c1-2-6-3(4)5;1-3-2;1-2-3/h2H,1H2,(H,4,5);3H,1H2,2H3;3H,2H2,1H3. The van der Waals surface area contributed by atoms with Crippen LogP contribution in [0, 0.1) is 0 Å². The molecule has 0 aromatic heterocycles. The van der Waals surface area contributed by atoms with E-state index in [0.29, 0.717) is 0 Å². The second-order valence-corrected chi connectivity index (χ2v) is 1.27. The van der Waals surface area contributed by atoms with Crippen molar-refractivity contribution in [1.82, 2.24) is 0 Å². The predicted octanol–water partition coefficient (Wildman–Crippen LogP) is 2.02. The summed E-state index contributed by atoms with van der Waals surface area (Å²) in [5, 5.41) is 15.2. The topological polar surface area (TPSA) is 66.8 Å². The quantitative estimate of drug-likeness (QED) is 0.364. The zero-order valence-corrected chi connectivity index (χ0v) is 7.49. The van der Waals surface area contributed by atoms with Crippen molar-refractivity contribution in [3.63, 3.8) is 0 Å². The summed E-state index contributed by atoms with van der Waals surface area (Å²) in [6, 6.07) is 0. The number of rotatable bonds is 1. The van der Waals surface area contributed by atoms with Gasteiger partial charge in [0.2, 0.25) is 0 Å². The van der Waals surface area contributed by atoms with Crippen molar-refractivity contribution in [2.75, 3.05) is 6.61 Å². The average Bonchev–Trinajstić information content (AvgIpc) is 1.89. The first kappa shape index (κ1) is 17.0. The minimum atomic E-state index is -1.33. The summed E-state index contributed by atoms with van der Waals surface area (Å²) in [5.41, 5.74) is 0. The van der Waals surface area contributed by atoms with Gasteiger partial charge in [-0.3, -0.25) is 0 Å². The number of aliphatic hydroxyl groups is 1. The van der Waals surface area contributed by atoms with Crippen LogP contribution >= 0.6 is 0 Å². The van der Waals surface area contributed by atoms with Gasteiger partial charge in [0.15, 0.2) is 0 Å². The molecule has 0 aliphatic carbocycles. The second kappa shape index (κ2) is 22.6. The van der Waals surface area contributed by atoms with Gasteiger partial charge in [-0.1, -0.05) is 12.7 Å². The first-order valence-electron chi connectivity index (χ1n) is 3.28. The molecule has 0 amide bonds. The fraction of sp³-hybridized carbons (Fsp3) is 0.375. The number of allylic oxidation sites excluding steroid dienone is 1. The Morgan fingerprint density at radius 1 is 1.58 bits per heavy atom. The first-order chi connectivity index (χ1) is 5.60. The third-order valence-corrected chi connectivity index (χ3v) is 0.184. The molecule has 0 unspecified atom stereocenters. The maximum atomic E-state index is 9.31. The molecular formula is C8H16O4. The summed E-state index contributed by atoms with van der Waals surface area (Å²) < 4.78 is 3.72. The van der Waals surface area contributed by atoms with Gasteiger partial charge in [-0.15, -0.1) is 6.58 Å². The van der Waals surface area contributed by atoms with E-state index in [-0.39, 0.29) is 6.61 Å². The smallest absolute Gasteiger partial charge is 0.449 e. The summed E-state index contributed by atoms with van der Waals surface area (Å²) >= 11 is 0. The summed E-state index contributed by atoms with van der Waals surface area (Å²) in [4.78, 5) is 9.31. The normalized spacial score (nSPS) is 5.92. The van der Waals surface area contributed by atoms with Crippen LogP contribution in [0.15, 0.2) is 25.5 Å². The van der Waals surface area contributed by atoms with Gasteiger partial charge in [-0.2, -0.15) is 0 Å². The fourth-order valence-electron chi connectivity index (χ4n) is 0.0713. The van der Waals surface area contributed by atoms with Gasteiger partial charge in [0.1, 0.15) is 0 Å². The van der Waals surface area contributed by atoms with E-state index in [2.05, 4.69) is 17.9 Å². The van der Waals surface area contributed by atoms with Crippen LogP contribution in [0.4, 0.5) is 4.79 Å². The Bertz CT molecular complexity index is 110. The molecule has 2 N–H and O–H groups in total. The molecule has 4 nitrogen and oxygen atoms in total. The van der Waals surface area contributed by atoms with Gasteiger partial charge in [0, 0.05) is 6.61 Å². The van der Waals surface area contributed by atoms with Crippen LogP contribution in [0.2, 0.25) is 0 Å².